The number of carbonyl (C=O) groups excluding carboxylic acids is 1. The fourth-order valence-corrected chi connectivity index (χ4v) is 2.43. The summed E-state index contributed by atoms with van der Waals surface area (Å²) in [6.45, 7) is 0. The summed E-state index contributed by atoms with van der Waals surface area (Å²) in [5, 5.41) is 17.3. The van der Waals surface area contributed by atoms with Gasteiger partial charge in [-0.3, -0.25) is 9.59 Å². The lowest BCUT2D eigenvalue weighted by atomic mass is 9.90. The number of carboxylic acid groups (broad SMARTS) is 2. The molecule has 0 aromatic rings. The van der Waals surface area contributed by atoms with E-state index in [4.69, 9.17) is 15.9 Å². The molecule has 6 N–H and O–H groups in total. The van der Waals surface area contributed by atoms with Crippen molar-refractivity contribution in [2.75, 3.05) is 0 Å². The third-order valence-corrected chi connectivity index (χ3v) is 3.22. The Morgan fingerprint density at radius 2 is 1.88 bits per heavy atom. The minimum Gasteiger partial charge on any atom is -0.480 e. The number of hydrogen-bond donors (Lipinski definition) is 3. The van der Waals surface area contributed by atoms with Gasteiger partial charge in [-0.1, -0.05) is 0 Å². The summed E-state index contributed by atoms with van der Waals surface area (Å²) in [7, 11) is 0. The number of carbonyl (C=O) groups is 3. The molecule has 2 fully saturated rings. The SMILES string of the molecule is N[C@@]1(C(=O)O)CC(=O)[C@@H]2[C@H]1[C@@]2(F)C(=O)O.O. The van der Waals surface area contributed by atoms with Crippen LogP contribution in [0, 0.1) is 11.8 Å². The van der Waals surface area contributed by atoms with E-state index in [0.717, 1.165) is 0 Å². The van der Waals surface area contributed by atoms with E-state index in [2.05, 4.69) is 0 Å². The summed E-state index contributed by atoms with van der Waals surface area (Å²) < 4.78 is 13.7. The maximum absolute atomic E-state index is 13.7. The fraction of sp³-hybridized carbons (Fsp3) is 0.625. The molecule has 2 saturated carbocycles. The largest absolute Gasteiger partial charge is 0.480 e. The van der Waals surface area contributed by atoms with Crippen LogP contribution in [-0.2, 0) is 14.4 Å². The standard InChI is InChI=1S/C8H8FNO5.H2O/c9-8(6(14)15)3-2(11)1-7(10,4(3)8)5(12)13;/h3-4H,1,10H2,(H,12,13)(H,14,15);1H2/t3-,4-,7+,8-;/m1./s1. The van der Waals surface area contributed by atoms with Crippen LogP contribution < -0.4 is 5.73 Å². The second-order valence-corrected chi connectivity index (χ2v) is 4.02. The van der Waals surface area contributed by atoms with Crippen molar-refractivity contribution in [2.24, 2.45) is 17.6 Å². The van der Waals surface area contributed by atoms with Gasteiger partial charge in [0.15, 0.2) is 0 Å². The van der Waals surface area contributed by atoms with Crippen molar-refractivity contribution in [3.8, 4) is 0 Å². The third kappa shape index (κ3) is 1.05. The molecule has 16 heavy (non-hydrogen) atoms. The molecule has 0 aliphatic heterocycles. The Hall–Kier alpha value is -1.54. The highest BCUT2D eigenvalue weighted by Crippen LogP contribution is 2.64. The van der Waals surface area contributed by atoms with E-state index < -0.39 is 47.2 Å². The Bertz CT molecular complexity index is 398. The lowest BCUT2D eigenvalue weighted by molar-refractivity contribution is -0.151. The molecule has 2 rings (SSSR count). The summed E-state index contributed by atoms with van der Waals surface area (Å²) >= 11 is 0. The molecule has 0 aromatic carbocycles. The molecule has 0 amide bonds. The first-order chi connectivity index (χ1) is 6.76. The molecule has 2 aliphatic rings. The van der Waals surface area contributed by atoms with Crippen LogP contribution in [0.5, 0.6) is 0 Å². The fourth-order valence-electron chi connectivity index (χ4n) is 2.43. The lowest BCUT2D eigenvalue weighted by Crippen LogP contribution is -2.52. The predicted molar refractivity (Wildman–Crippen MR) is 46.2 cm³/mol. The predicted octanol–water partition coefficient (Wildman–Crippen LogP) is -2.04. The zero-order valence-corrected chi connectivity index (χ0v) is 7.94. The number of hydrogen-bond acceptors (Lipinski definition) is 4. The zero-order chi connectivity index (χ0) is 11.6. The van der Waals surface area contributed by atoms with E-state index in [9.17, 15) is 18.8 Å². The van der Waals surface area contributed by atoms with E-state index in [-0.39, 0.29) is 5.48 Å². The van der Waals surface area contributed by atoms with E-state index in [1.165, 1.54) is 0 Å². The number of fused-ring (bicyclic) bond motifs is 1. The Labute approximate surface area is 88.3 Å². The minimum atomic E-state index is -2.79. The van der Waals surface area contributed by atoms with Crippen LogP contribution in [0.4, 0.5) is 4.39 Å². The number of rotatable bonds is 2. The van der Waals surface area contributed by atoms with Crippen molar-refractivity contribution in [1.82, 2.24) is 0 Å². The van der Waals surface area contributed by atoms with Crippen LogP contribution in [0.3, 0.4) is 0 Å². The summed E-state index contributed by atoms with van der Waals surface area (Å²) in [5.41, 5.74) is 0.503. The quantitative estimate of drug-likeness (QED) is 0.501. The smallest absolute Gasteiger partial charge is 0.342 e. The second-order valence-electron chi connectivity index (χ2n) is 4.02. The molecule has 4 atom stereocenters. The molecule has 2 aliphatic carbocycles. The molecule has 0 bridgehead atoms. The van der Waals surface area contributed by atoms with Gasteiger partial charge in [-0.2, -0.15) is 0 Å². The summed E-state index contributed by atoms with van der Waals surface area (Å²) in [6, 6.07) is 0. The topological polar surface area (TPSA) is 149 Å². The van der Waals surface area contributed by atoms with E-state index >= 15 is 0 Å². The number of aliphatic carboxylic acids is 2. The maximum Gasteiger partial charge on any atom is 0.342 e. The molecular weight excluding hydrogens is 225 g/mol. The van der Waals surface area contributed by atoms with Gasteiger partial charge in [0.1, 0.15) is 11.3 Å². The van der Waals surface area contributed by atoms with E-state index in [1.54, 1.807) is 0 Å². The zero-order valence-electron chi connectivity index (χ0n) is 7.94. The average molecular weight is 235 g/mol. The van der Waals surface area contributed by atoms with E-state index in [0.29, 0.717) is 0 Å². The van der Waals surface area contributed by atoms with Gasteiger partial charge in [0, 0.05) is 12.3 Å². The van der Waals surface area contributed by atoms with Crippen molar-refractivity contribution in [3.63, 3.8) is 0 Å². The molecule has 0 spiro atoms. The monoisotopic (exact) mass is 235 g/mol. The summed E-state index contributed by atoms with van der Waals surface area (Å²) in [5.74, 6) is -6.91. The molecular formula is C8H10FNO6. The van der Waals surface area contributed by atoms with Gasteiger partial charge in [-0.25, -0.2) is 9.18 Å². The van der Waals surface area contributed by atoms with Crippen LogP contribution in [0.2, 0.25) is 0 Å². The van der Waals surface area contributed by atoms with E-state index in [1.807, 2.05) is 0 Å². The van der Waals surface area contributed by atoms with Gasteiger partial charge < -0.3 is 21.4 Å². The molecule has 0 radical (unpaired) electrons. The highest BCUT2D eigenvalue weighted by molar-refractivity contribution is 6.06. The van der Waals surface area contributed by atoms with Crippen LogP contribution in [-0.4, -0.2) is 44.6 Å². The number of nitrogens with two attached hydrogens (primary N) is 1. The van der Waals surface area contributed by atoms with Gasteiger partial charge in [-0.05, 0) is 0 Å². The van der Waals surface area contributed by atoms with Crippen molar-refractivity contribution < 1.29 is 34.5 Å². The first-order valence-corrected chi connectivity index (χ1v) is 4.23. The molecule has 8 heteroatoms. The van der Waals surface area contributed by atoms with Crippen molar-refractivity contribution in [1.29, 1.82) is 0 Å². The van der Waals surface area contributed by atoms with Crippen LogP contribution in [0.1, 0.15) is 6.42 Å². The Kier molecular flexibility index (Phi) is 2.34. The average Bonchev–Trinajstić information content (AvgIpc) is 2.63. The maximum atomic E-state index is 13.7. The summed E-state index contributed by atoms with van der Waals surface area (Å²) in [4.78, 5) is 32.6. The minimum absolute atomic E-state index is 0. The number of Topliss-reactive ketones (excluding diaryl/α,β-unsaturated/α-hetero) is 1. The van der Waals surface area contributed by atoms with Gasteiger partial charge in [0.25, 0.3) is 0 Å². The van der Waals surface area contributed by atoms with Gasteiger partial charge in [-0.15, -0.1) is 0 Å². The molecule has 0 unspecified atom stereocenters. The van der Waals surface area contributed by atoms with Crippen molar-refractivity contribution in [3.05, 3.63) is 0 Å². The van der Waals surface area contributed by atoms with Gasteiger partial charge >= 0.3 is 11.9 Å². The summed E-state index contributed by atoms with van der Waals surface area (Å²) in [6.07, 6.45) is -0.503. The molecule has 0 saturated heterocycles. The Balaban J connectivity index is 0.00000128. The number of ketones is 1. The first kappa shape index (κ1) is 12.5. The number of alkyl halides is 1. The Morgan fingerprint density at radius 1 is 1.38 bits per heavy atom. The van der Waals surface area contributed by atoms with Crippen LogP contribution in [0.25, 0.3) is 0 Å². The molecule has 0 heterocycles. The lowest BCUT2D eigenvalue weighted by Gasteiger charge is -2.21. The van der Waals surface area contributed by atoms with Gasteiger partial charge in [0.05, 0.1) is 5.92 Å². The number of carboxylic acids is 2. The van der Waals surface area contributed by atoms with Crippen molar-refractivity contribution >= 4 is 17.7 Å². The number of halogens is 1. The Morgan fingerprint density at radius 3 is 2.19 bits per heavy atom. The first-order valence-electron chi connectivity index (χ1n) is 4.23. The molecule has 90 valence electrons. The third-order valence-electron chi connectivity index (χ3n) is 3.22. The van der Waals surface area contributed by atoms with Crippen LogP contribution >= 0.6 is 0 Å². The second kappa shape index (κ2) is 2.98. The highest BCUT2D eigenvalue weighted by atomic mass is 19.1. The van der Waals surface area contributed by atoms with Crippen molar-refractivity contribution in [2.45, 2.75) is 17.6 Å². The van der Waals surface area contributed by atoms with Gasteiger partial charge in [0.2, 0.25) is 5.67 Å². The normalized spacial score (nSPS) is 44.5. The highest BCUT2D eigenvalue weighted by Gasteiger charge is 2.85. The molecule has 0 aromatic heterocycles. The molecule has 7 nitrogen and oxygen atoms in total. The van der Waals surface area contributed by atoms with Crippen LogP contribution in [0.15, 0.2) is 0 Å².